The first kappa shape index (κ1) is 20.9. The van der Waals surface area contributed by atoms with Crippen LogP contribution in [-0.2, 0) is 10.0 Å². The molecule has 2 fully saturated rings. The highest BCUT2D eigenvalue weighted by Gasteiger charge is 2.26. The van der Waals surface area contributed by atoms with Gasteiger partial charge in [-0.15, -0.1) is 0 Å². The number of anilines is 2. The van der Waals surface area contributed by atoms with Crippen molar-refractivity contribution in [2.45, 2.75) is 43.4 Å². The van der Waals surface area contributed by atoms with Gasteiger partial charge in [-0.3, -0.25) is 4.79 Å². The first-order chi connectivity index (χ1) is 14.5. The summed E-state index contributed by atoms with van der Waals surface area (Å²) >= 11 is 0. The predicted molar refractivity (Wildman–Crippen MR) is 120 cm³/mol. The van der Waals surface area contributed by atoms with Gasteiger partial charge >= 0.3 is 0 Å². The molecule has 7 heteroatoms. The second-order valence-corrected chi connectivity index (χ2v) is 9.98. The van der Waals surface area contributed by atoms with Crippen molar-refractivity contribution in [3.63, 3.8) is 0 Å². The van der Waals surface area contributed by atoms with Gasteiger partial charge in [-0.25, -0.2) is 8.42 Å². The zero-order valence-corrected chi connectivity index (χ0v) is 18.0. The van der Waals surface area contributed by atoms with Gasteiger partial charge < -0.3 is 10.2 Å². The Hall–Kier alpha value is -2.38. The summed E-state index contributed by atoms with van der Waals surface area (Å²) in [6, 6.07) is 14.2. The number of nitrogens with zero attached hydrogens (tertiary/aromatic N) is 2. The van der Waals surface area contributed by atoms with Crippen LogP contribution in [0, 0.1) is 0 Å². The molecule has 2 heterocycles. The maximum absolute atomic E-state index is 12.9. The predicted octanol–water partition coefficient (Wildman–Crippen LogP) is 4.10. The maximum atomic E-state index is 12.9. The van der Waals surface area contributed by atoms with Crippen LogP contribution in [-0.4, -0.2) is 44.8 Å². The largest absolute Gasteiger partial charge is 0.372 e. The number of carbonyl (C=O) groups excluding carboxylic acids is 1. The van der Waals surface area contributed by atoms with Gasteiger partial charge in [0, 0.05) is 43.1 Å². The van der Waals surface area contributed by atoms with Gasteiger partial charge in [0.05, 0.1) is 4.90 Å². The zero-order valence-electron chi connectivity index (χ0n) is 17.2. The second-order valence-electron chi connectivity index (χ2n) is 8.04. The van der Waals surface area contributed by atoms with E-state index in [4.69, 9.17) is 0 Å². The standard InChI is InChI=1S/C23H29N3O3S/c27-23(24-20-10-12-21(13-11-20)25-14-3-1-4-15-25)19-8-7-9-22(18-19)30(28,29)26-16-5-2-6-17-26/h7-13,18H,1-6,14-17H2,(H,24,27). The Morgan fingerprint density at radius 1 is 0.800 bits per heavy atom. The fourth-order valence-corrected chi connectivity index (χ4v) is 5.73. The van der Waals surface area contributed by atoms with E-state index in [9.17, 15) is 13.2 Å². The topological polar surface area (TPSA) is 69.7 Å². The molecule has 2 aromatic rings. The summed E-state index contributed by atoms with van der Waals surface area (Å²) < 4.78 is 27.3. The van der Waals surface area contributed by atoms with Crippen LogP contribution in [0.3, 0.4) is 0 Å². The molecule has 0 unspecified atom stereocenters. The third kappa shape index (κ3) is 4.68. The van der Waals surface area contributed by atoms with E-state index in [1.54, 1.807) is 18.2 Å². The van der Waals surface area contributed by atoms with Crippen LogP contribution in [0.5, 0.6) is 0 Å². The Labute approximate surface area is 178 Å². The molecule has 1 N–H and O–H groups in total. The first-order valence-corrected chi connectivity index (χ1v) is 12.2. The van der Waals surface area contributed by atoms with E-state index in [1.165, 1.54) is 35.3 Å². The van der Waals surface area contributed by atoms with Crippen molar-refractivity contribution in [3.8, 4) is 0 Å². The van der Waals surface area contributed by atoms with Crippen molar-refractivity contribution in [1.29, 1.82) is 0 Å². The Balaban J connectivity index is 1.45. The summed E-state index contributed by atoms with van der Waals surface area (Å²) in [6.45, 7) is 3.23. The summed E-state index contributed by atoms with van der Waals surface area (Å²) in [4.78, 5) is 15.3. The monoisotopic (exact) mass is 427 g/mol. The number of hydrogen-bond acceptors (Lipinski definition) is 4. The van der Waals surface area contributed by atoms with Crippen LogP contribution in [0.1, 0.15) is 48.9 Å². The number of amides is 1. The van der Waals surface area contributed by atoms with Gasteiger partial charge in [-0.2, -0.15) is 4.31 Å². The van der Waals surface area contributed by atoms with Crippen molar-refractivity contribution < 1.29 is 13.2 Å². The molecule has 2 aromatic carbocycles. The van der Waals surface area contributed by atoms with Gasteiger partial charge in [0.2, 0.25) is 10.0 Å². The molecular weight excluding hydrogens is 398 g/mol. The molecule has 160 valence electrons. The summed E-state index contributed by atoms with van der Waals surface area (Å²) in [5.74, 6) is -0.309. The molecule has 0 spiro atoms. The minimum atomic E-state index is -3.56. The number of nitrogens with one attached hydrogen (secondary N) is 1. The molecular formula is C23H29N3O3S. The molecule has 1 amide bonds. The Morgan fingerprint density at radius 2 is 1.43 bits per heavy atom. The number of rotatable bonds is 5. The fourth-order valence-electron chi connectivity index (χ4n) is 4.16. The summed E-state index contributed by atoms with van der Waals surface area (Å²) in [5, 5.41) is 2.88. The minimum absolute atomic E-state index is 0.178. The quantitative estimate of drug-likeness (QED) is 0.780. The highest BCUT2D eigenvalue weighted by molar-refractivity contribution is 7.89. The van der Waals surface area contributed by atoms with E-state index in [1.807, 2.05) is 24.3 Å². The Bertz CT molecular complexity index is 977. The van der Waals surface area contributed by atoms with Gasteiger partial charge in [0.15, 0.2) is 0 Å². The molecule has 0 aromatic heterocycles. The van der Waals surface area contributed by atoms with Crippen molar-refractivity contribution >= 4 is 27.3 Å². The number of carbonyl (C=O) groups is 1. The molecule has 0 bridgehead atoms. The van der Waals surface area contributed by atoms with Crippen molar-refractivity contribution in [1.82, 2.24) is 4.31 Å². The summed E-state index contributed by atoms with van der Waals surface area (Å²) in [7, 11) is -3.56. The van der Waals surface area contributed by atoms with Gasteiger partial charge in [-0.1, -0.05) is 12.5 Å². The van der Waals surface area contributed by atoms with Gasteiger partial charge in [0.25, 0.3) is 5.91 Å². The van der Waals surface area contributed by atoms with E-state index in [2.05, 4.69) is 10.2 Å². The van der Waals surface area contributed by atoms with Crippen molar-refractivity contribution in [2.24, 2.45) is 0 Å². The van der Waals surface area contributed by atoms with E-state index in [-0.39, 0.29) is 10.8 Å². The minimum Gasteiger partial charge on any atom is -0.372 e. The molecule has 6 nitrogen and oxygen atoms in total. The molecule has 4 rings (SSSR count). The summed E-state index contributed by atoms with van der Waals surface area (Å²) in [6.07, 6.45) is 6.55. The van der Waals surface area contributed by atoms with Crippen LogP contribution in [0.25, 0.3) is 0 Å². The SMILES string of the molecule is O=C(Nc1ccc(N2CCCCC2)cc1)c1cccc(S(=O)(=O)N2CCCCC2)c1. The van der Waals surface area contributed by atoms with Gasteiger partial charge in [-0.05, 0) is 74.6 Å². The lowest BCUT2D eigenvalue weighted by Gasteiger charge is -2.28. The van der Waals surface area contributed by atoms with Crippen LogP contribution in [0.4, 0.5) is 11.4 Å². The number of benzene rings is 2. The van der Waals surface area contributed by atoms with Crippen LogP contribution >= 0.6 is 0 Å². The van der Waals surface area contributed by atoms with E-state index >= 15 is 0 Å². The van der Waals surface area contributed by atoms with Crippen molar-refractivity contribution in [3.05, 3.63) is 54.1 Å². The molecule has 2 saturated heterocycles. The average molecular weight is 428 g/mol. The van der Waals surface area contributed by atoms with Crippen LogP contribution in [0.2, 0.25) is 0 Å². The average Bonchev–Trinajstić information content (AvgIpc) is 2.81. The lowest BCUT2D eigenvalue weighted by Crippen LogP contribution is -2.35. The molecule has 0 atom stereocenters. The first-order valence-electron chi connectivity index (χ1n) is 10.8. The van der Waals surface area contributed by atoms with Crippen LogP contribution in [0.15, 0.2) is 53.4 Å². The maximum Gasteiger partial charge on any atom is 0.255 e. The summed E-state index contributed by atoms with van der Waals surface area (Å²) in [5.41, 5.74) is 2.21. The Morgan fingerprint density at radius 3 is 2.10 bits per heavy atom. The molecule has 0 aliphatic carbocycles. The van der Waals surface area contributed by atoms with Crippen molar-refractivity contribution in [2.75, 3.05) is 36.4 Å². The lowest BCUT2D eigenvalue weighted by molar-refractivity contribution is 0.102. The van der Waals surface area contributed by atoms with E-state index < -0.39 is 10.0 Å². The second kappa shape index (κ2) is 9.18. The van der Waals surface area contributed by atoms with E-state index in [0.29, 0.717) is 24.3 Å². The van der Waals surface area contributed by atoms with Crippen LogP contribution < -0.4 is 10.2 Å². The zero-order chi connectivity index (χ0) is 21.0. The third-order valence-corrected chi connectivity index (χ3v) is 7.79. The molecule has 2 aliphatic rings. The fraction of sp³-hybridized carbons (Fsp3) is 0.435. The highest BCUT2D eigenvalue weighted by atomic mass is 32.2. The normalized spacial score (nSPS) is 18.2. The smallest absolute Gasteiger partial charge is 0.255 e. The molecule has 0 radical (unpaired) electrons. The van der Waals surface area contributed by atoms with E-state index in [0.717, 1.165) is 32.4 Å². The number of sulfonamides is 1. The van der Waals surface area contributed by atoms with Gasteiger partial charge in [0.1, 0.15) is 0 Å². The lowest BCUT2D eigenvalue weighted by atomic mass is 10.1. The number of piperidine rings is 2. The molecule has 30 heavy (non-hydrogen) atoms. The number of hydrogen-bond donors (Lipinski definition) is 1. The molecule has 2 aliphatic heterocycles. The third-order valence-electron chi connectivity index (χ3n) is 5.90. The Kier molecular flexibility index (Phi) is 6.39. The molecule has 0 saturated carbocycles. The highest BCUT2D eigenvalue weighted by Crippen LogP contribution is 2.24.